The molecule has 4 bridgehead atoms. The molecule has 0 amide bonds. The number of hydrogen-bond donors (Lipinski definition) is 4. The Hall–Kier alpha value is -5.60. The number of hydrogen-bond acceptors (Lipinski definition) is 12. The van der Waals surface area contributed by atoms with Crippen molar-refractivity contribution < 1.29 is 68.3 Å². The molecular formula is C44H46Cl2O14. The molecule has 0 saturated heterocycles. The molecule has 6 aliphatic rings. The van der Waals surface area contributed by atoms with E-state index >= 15 is 0 Å². The number of carbonyl (C=O) groups is 8. The van der Waals surface area contributed by atoms with Crippen molar-refractivity contribution in [3.05, 3.63) is 83.0 Å². The van der Waals surface area contributed by atoms with Crippen LogP contribution in [0.1, 0.15) is 87.5 Å². The van der Waals surface area contributed by atoms with E-state index in [9.17, 15) is 48.6 Å². The van der Waals surface area contributed by atoms with Crippen molar-refractivity contribution in [2.24, 2.45) is 34.5 Å². The fourth-order valence-electron chi connectivity index (χ4n) is 9.09. The number of phenolic OH excluding ortho intramolecular Hbond substituents is 2. The van der Waals surface area contributed by atoms with Gasteiger partial charge >= 0.3 is 23.9 Å². The summed E-state index contributed by atoms with van der Waals surface area (Å²) in [5, 5.41) is 36.4. The van der Waals surface area contributed by atoms with E-state index in [0.29, 0.717) is 47.6 Å². The summed E-state index contributed by atoms with van der Waals surface area (Å²) in [5.74, 6) is -3.75. The van der Waals surface area contributed by atoms with Crippen molar-refractivity contribution in [1.82, 2.24) is 0 Å². The summed E-state index contributed by atoms with van der Waals surface area (Å²) in [6.45, 7) is 11.7. The molecule has 14 nitrogen and oxygen atoms in total. The third-order valence-electron chi connectivity index (χ3n) is 12.0. The fraction of sp³-hybridized carbons (Fsp3) is 0.409. The zero-order valence-electron chi connectivity index (χ0n) is 33.7. The monoisotopic (exact) mass is 868 g/mol. The second kappa shape index (κ2) is 18.8. The number of allylic oxidation sites excluding steroid dienone is 2. The molecule has 16 heteroatoms. The van der Waals surface area contributed by atoms with Crippen molar-refractivity contribution in [2.75, 3.05) is 0 Å². The van der Waals surface area contributed by atoms with Crippen LogP contribution in [0.2, 0.25) is 0 Å². The third kappa shape index (κ3) is 10.8. The number of carboxylic acids is 2. The molecular weight excluding hydrogens is 823 g/mol. The van der Waals surface area contributed by atoms with E-state index in [1.54, 1.807) is 31.2 Å². The van der Waals surface area contributed by atoms with Gasteiger partial charge in [0.25, 0.3) is 0 Å². The number of aryl methyl sites for hydroxylation is 2. The average molecular weight is 870 g/mol. The number of halogens is 2. The lowest BCUT2D eigenvalue weighted by atomic mass is 9.44. The van der Waals surface area contributed by atoms with Gasteiger partial charge in [0.15, 0.2) is 0 Å². The largest absolute Gasteiger partial charge is 0.508 e. The van der Waals surface area contributed by atoms with Crippen LogP contribution in [-0.2, 0) is 38.4 Å². The Kier molecular flexibility index (Phi) is 14.7. The number of aromatic hydroxyl groups is 2. The Morgan fingerprint density at radius 1 is 0.600 bits per heavy atom. The van der Waals surface area contributed by atoms with E-state index in [2.05, 4.69) is 13.8 Å². The second-order valence-corrected chi connectivity index (χ2v) is 17.2. The number of rotatable bonds is 10. The number of Topliss-reactive ketones (excluding diaryl/α,β-unsaturated/α-hetero) is 2. The number of carbonyl (C=O) groups excluding carboxylic acids is 6. The number of aliphatic carboxylic acids is 2. The molecule has 0 unspecified atom stereocenters. The first-order valence-corrected chi connectivity index (χ1v) is 19.7. The van der Waals surface area contributed by atoms with Crippen molar-refractivity contribution in [3.8, 4) is 23.0 Å². The summed E-state index contributed by atoms with van der Waals surface area (Å²) in [6, 6.07) is 6.43. The minimum Gasteiger partial charge on any atom is -0.508 e. The number of esters is 2. The number of benzene rings is 2. The fourth-order valence-corrected chi connectivity index (χ4v) is 9.21. The van der Waals surface area contributed by atoms with Gasteiger partial charge in [-0.05, 0) is 108 Å². The minimum absolute atomic E-state index is 0.0102. The molecule has 320 valence electrons. The van der Waals surface area contributed by atoms with Crippen LogP contribution in [0.5, 0.6) is 23.0 Å². The van der Waals surface area contributed by atoms with Crippen molar-refractivity contribution in [3.63, 3.8) is 0 Å². The van der Waals surface area contributed by atoms with E-state index in [-0.39, 0.29) is 75.5 Å². The van der Waals surface area contributed by atoms with Crippen molar-refractivity contribution in [2.45, 2.75) is 79.1 Å². The number of fused-ring (bicyclic) bond motifs is 4. The van der Waals surface area contributed by atoms with Crippen LogP contribution in [-0.4, -0.2) is 66.4 Å². The molecule has 0 radical (unpaired) electrons. The maximum Gasteiger partial charge on any atom is 0.336 e. The molecule has 6 fully saturated rings. The van der Waals surface area contributed by atoms with Gasteiger partial charge in [-0.3, -0.25) is 19.2 Å². The molecule has 8 rings (SSSR count). The maximum absolute atomic E-state index is 12.8. The average Bonchev–Trinajstić information content (AvgIpc) is 3.11. The van der Waals surface area contributed by atoms with E-state index < -0.39 is 40.3 Å². The smallest absolute Gasteiger partial charge is 0.336 e. The quantitative estimate of drug-likeness (QED) is 0.0814. The number of carboxylic acid groups (broad SMARTS) is 2. The van der Waals surface area contributed by atoms with Gasteiger partial charge in [-0.1, -0.05) is 27.7 Å². The van der Waals surface area contributed by atoms with E-state index in [1.807, 2.05) is 20.8 Å². The molecule has 6 aliphatic carbocycles. The number of ether oxygens (including phenoxy) is 2. The van der Waals surface area contributed by atoms with Gasteiger partial charge in [-0.15, -0.1) is 0 Å². The van der Waals surface area contributed by atoms with Crippen LogP contribution in [0.3, 0.4) is 0 Å². The highest BCUT2D eigenvalue weighted by Gasteiger charge is 2.60. The first-order chi connectivity index (χ1) is 27.8. The van der Waals surface area contributed by atoms with Gasteiger partial charge in [0.05, 0.1) is 0 Å². The zero-order valence-corrected chi connectivity index (χ0v) is 35.2. The highest BCUT2D eigenvalue weighted by molar-refractivity contribution is 6.69. The topological polar surface area (TPSA) is 236 Å². The maximum atomic E-state index is 12.8. The Morgan fingerprint density at radius 3 is 1.27 bits per heavy atom. The van der Waals surface area contributed by atoms with Crippen LogP contribution in [0.4, 0.5) is 0 Å². The molecule has 2 aromatic carbocycles. The lowest BCUT2D eigenvalue weighted by Crippen LogP contribution is -2.56. The van der Waals surface area contributed by atoms with Gasteiger partial charge in [0, 0.05) is 84.1 Å². The van der Waals surface area contributed by atoms with Crippen LogP contribution >= 0.6 is 23.2 Å². The van der Waals surface area contributed by atoms with Crippen LogP contribution in [0, 0.1) is 48.3 Å². The van der Waals surface area contributed by atoms with E-state index in [0.717, 1.165) is 36.3 Å². The summed E-state index contributed by atoms with van der Waals surface area (Å²) >= 11 is 9.57. The zero-order chi connectivity index (χ0) is 45.0. The predicted molar refractivity (Wildman–Crippen MR) is 217 cm³/mol. The third-order valence-corrected chi connectivity index (χ3v) is 12.3. The van der Waals surface area contributed by atoms with Crippen LogP contribution in [0.15, 0.2) is 60.7 Å². The molecule has 60 heavy (non-hydrogen) atoms. The van der Waals surface area contributed by atoms with Gasteiger partial charge < -0.3 is 29.9 Å². The van der Waals surface area contributed by atoms with Crippen molar-refractivity contribution >= 4 is 69.1 Å². The molecule has 0 heterocycles. The van der Waals surface area contributed by atoms with Crippen LogP contribution < -0.4 is 9.47 Å². The Morgan fingerprint density at radius 2 is 0.950 bits per heavy atom. The van der Waals surface area contributed by atoms with Gasteiger partial charge in [0.2, 0.25) is 10.5 Å². The van der Waals surface area contributed by atoms with Crippen molar-refractivity contribution in [1.29, 1.82) is 0 Å². The summed E-state index contributed by atoms with van der Waals surface area (Å²) in [7, 11) is 0. The Labute approximate surface area is 355 Å². The molecule has 4 N–H and O–H groups in total. The summed E-state index contributed by atoms with van der Waals surface area (Å²) in [4.78, 5) is 90.5. The normalized spacial score (nSPS) is 24.2. The highest BCUT2D eigenvalue weighted by atomic mass is 35.5. The molecule has 0 spiro atoms. The summed E-state index contributed by atoms with van der Waals surface area (Å²) in [5.41, 5.74) is 2.01. The Bertz CT molecular complexity index is 2120. The molecule has 6 saturated carbocycles. The summed E-state index contributed by atoms with van der Waals surface area (Å²) in [6.07, 6.45) is 6.73. The van der Waals surface area contributed by atoms with Gasteiger partial charge in [0.1, 0.15) is 34.6 Å². The lowest BCUT2D eigenvalue weighted by molar-refractivity contribution is -0.152. The SMILES string of the molecule is Cc1cc(O)c([C@H]2CC(=O)[C@H]3C[C@@H]2C3(C)C)c(O)c1.Cc1cc(OC(=O)/C=C/C(=O)O)c([C@H]2CC(=O)[C@H]3C[C@@H]2C3(C)C)c(OC(=O)/C=C/C(=O)O)c1.O=C(Cl)/C=C/C(=O)Cl. The molecule has 0 aromatic heterocycles. The molecule has 6 atom stereocenters. The number of phenols is 2. The van der Waals surface area contributed by atoms with Gasteiger partial charge in [-0.25, -0.2) is 19.2 Å². The summed E-state index contributed by atoms with van der Waals surface area (Å²) < 4.78 is 10.8. The highest BCUT2D eigenvalue weighted by Crippen LogP contribution is 2.65. The predicted octanol–water partition coefficient (Wildman–Crippen LogP) is 7.00. The standard InChI is InChI=1S/C24H24O9.C16H20O3.C4H2Cl2O2/c1-12-8-17(32-21(30)6-4-19(26)27)23(18(9-12)33-22(31)7-5-20(28)29)13-10-16(25)15-11-14(13)24(15,2)3;1-8-4-13(18)15(14(19)5-8)9-6-12(17)11-7-10(9)16(11,2)3;5-3(7)1-2-4(6)8/h4-9,13-15H,10-11H2,1-3H3,(H,26,27)(H,28,29);4-5,9-11,18-19H,6-7H2,1-3H3;1-2H/b6-4+,7-5+;;2-1+/t13-,14-,15+;9-,10-,11+;/m00./s1. The lowest BCUT2D eigenvalue weighted by Gasteiger charge is -2.59. The van der Waals surface area contributed by atoms with Crippen LogP contribution in [0.25, 0.3) is 0 Å². The number of ketones is 2. The van der Waals surface area contributed by atoms with E-state index in [4.69, 9.17) is 42.9 Å². The molecule has 2 aromatic rings. The molecule has 0 aliphatic heterocycles. The van der Waals surface area contributed by atoms with E-state index in [1.165, 1.54) is 0 Å². The first kappa shape index (κ1) is 47.1. The minimum atomic E-state index is -1.32. The van der Waals surface area contributed by atoms with Gasteiger partial charge in [-0.2, -0.15) is 0 Å². The Balaban J connectivity index is 0.000000245. The first-order valence-electron chi connectivity index (χ1n) is 18.9. The second-order valence-electron chi connectivity index (χ2n) is 16.5.